The third-order valence-electron chi connectivity index (χ3n) is 1.40. The van der Waals surface area contributed by atoms with Gasteiger partial charge in [0.15, 0.2) is 0 Å². The predicted molar refractivity (Wildman–Crippen MR) is 60.3 cm³/mol. The van der Waals surface area contributed by atoms with Crippen LogP contribution >= 0.6 is 11.6 Å². The van der Waals surface area contributed by atoms with E-state index in [2.05, 4.69) is 15.3 Å². The van der Waals surface area contributed by atoms with Crippen molar-refractivity contribution in [3.63, 3.8) is 0 Å². The van der Waals surface area contributed by atoms with E-state index in [4.69, 9.17) is 11.6 Å². The molecule has 0 heterocycles. The van der Waals surface area contributed by atoms with Crippen molar-refractivity contribution in [2.75, 3.05) is 5.32 Å². The van der Waals surface area contributed by atoms with Crippen LogP contribution in [0.2, 0.25) is 5.02 Å². The van der Waals surface area contributed by atoms with E-state index >= 15 is 0 Å². The Bertz CT molecular complexity index is 370. The van der Waals surface area contributed by atoms with Crippen molar-refractivity contribution in [1.82, 2.24) is 0 Å². The van der Waals surface area contributed by atoms with Crippen molar-refractivity contribution < 1.29 is 9.63 Å². The molecule has 0 fully saturated rings. The predicted octanol–water partition coefficient (Wildman–Crippen LogP) is 3.28. The Hall–Kier alpha value is -1.55. The fourth-order valence-electron chi connectivity index (χ4n) is 0.807. The summed E-state index contributed by atoms with van der Waals surface area (Å²) in [5.41, 5.74) is 1.27. The molecule has 0 aromatic heterocycles. The number of halogens is 1. The van der Waals surface area contributed by atoms with Gasteiger partial charge in [-0.1, -0.05) is 16.8 Å². The minimum atomic E-state index is -0.626. The van der Waals surface area contributed by atoms with Gasteiger partial charge in [-0.25, -0.2) is 4.79 Å². The Morgan fingerprint density at radius 3 is 2.47 bits per heavy atom. The van der Waals surface area contributed by atoms with E-state index in [0.29, 0.717) is 16.4 Å². The summed E-state index contributed by atoms with van der Waals surface area (Å²) < 4.78 is 0. The second-order valence-electron chi connectivity index (χ2n) is 3.05. The number of nitrogens with zero attached hydrogens (tertiary/aromatic N) is 1. The maximum atomic E-state index is 11.1. The lowest BCUT2D eigenvalue weighted by atomic mass is 10.3. The first kappa shape index (κ1) is 11.5. The maximum absolute atomic E-state index is 11.1. The molecule has 0 unspecified atom stereocenters. The molecule has 0 spiro atoms. The molecule has 1 N–H and O–H groups in total. The highest BCUT2D eigenvalue weighted by molar-refractivity contribution is 6.30. The summed E-state index contributed by atoms with van der Waals surface area (Å²) in [7, 11) is 0. The third kappa shape index (κ3) is 4.46. The molecule has 0 saturated carbocycles. The van der Waals surface area contributed by atoms with Gasteiger partial charge in [0, 0.05) is 10.7 Å². The number of hydrogen-bond donors (Lipinski definition) is 1. The standard InChI is InChI=1S/C10H11ClN2O2/c1-7(2)13-15-10(14)12-9-5-3-8(11)4-6-9/h3-6H,1-2H3,(H,12,14). The molecule has 1 aromatic carbocycles. The fraction of sp³-hybridized carbons (Fsp3) is 0.200. The molecule has 15 heavy (non-hydrogen) atoms. The van der Waals surface area contributed by atoms with Crippen molar-refractivity contribution in [3.05, 3.63) is 29.3 Å². The number of benzene rings is 1. The number of rotatable bonds is 2. The SMILES string of the molecule is CC(C)=NOC(=O)Nc1ccc(Cl)cc1. The van der Waals surface area contributed by atoms with Crippen LogP contribution < -0.4 is 5.32 Å². The molecule has 0 aliphatic carbocycles. The van der Waals surface area contributed by atoms with Crippen molar-refractivity contribution >= 4 is 29.1 Å². The van der Waals surface area contributed by atoms with Gasteiger partial charge in [0.05, 0.1) is 5.71 Å². The minimum absolute atomic E-state index is 0.605. The van der Waals surface area contributed by atoms with E-state index in [1.54, 1.807) is 38.1 Å². The molecule has 0 aliphatic heterocycles. The average Bonchev–Trinajstić information content (AvgIpc) is 2.19. The summed E-state index contributed by atoms with van der Waals surface area (Å²) in [6.45, 7) is 3.46. The van der Waals surface area contributed by atoms with Gasteiger partial charge in [-0.3, -0.25) is 10.2 Å². The number of nitrogens with one attached hydrogen (secondary N) is 1. The van der Waals surface area contributed by atoms with Crippen molar-refractivity contribution in [3.8, 4) is 0 Å². The zero-order valence-electron chi connectivity index (χ0n) is 8.45. The summed E-state index contributed by atoms with van der Waals surface area (Å²) in [4.78, 5) is 15.7. The van der Waals surface area contributed by atoms with E-state index in [9.17, 15) is 4.79 Å². The van der Waals surface area contributed by atoms with E-state index in [1.807, 2.05) is 0 Å². The Morgan fingerprint density at radius 2 is 1.93 bits per heavy atom. The number of carbonyl (C=O) groups is 1. The van der Waals surface area contributed by atoms with Gasteiger partial charge in [-0.05, 0) is 38.1 Å². The van der Waals surface area contributed by atoms with Crippen LogP contribution in [0.15, 0.2) is 29.4 Å². The zero-order chi connectivity index (χ0) is 11.3. The van der Waals surface area contributed by atoms with Crippen LogP contribution in [0.4, 0.5) is 10.5 Å². The lowest BCUT2D eigenvalue weighted by molar-refractivity contribution is 0.166. The molecule has 0 atom stereocenters. The normalized spacial score (nSPS) is 9.27. The molecule has 5 heteroatoms. The van der Waals surface area contributed by atoms with Crippen molar-refractivity contribution in [2.45, 2.75) is 13.8 Å². The second-order valence-corrected chi connectivity index (χ2v) is 3.49. The van der Waals surface area contributed by atoms with E-state index in [0.717, 1.165) is 0 Å². The third-order valence-corrected chi connectivity index (χ3v) is 1.65. The Morgan fingerprint density at radius 1 is 1.33 bits per heavy atom. The summed E-state index contributed by atoms with van der Waals surface area (Å²) in [6, 6.07) is 6.69. The van der Waals surface area contributed by atoms with Gasteiger partial charge in [0.25, 0.3) is 0 Å². The molecule has 0 saturated heterocycles. The molecule has 0 radical (unpaired) electrons. The summed E-state index contributed by atoms with van der Waals surface area (Å²) in [5.74, 6) is 0. The Kier molecular flexibility index (Phi) is 4.12. The monoisotopic (exact) mass is 226 g/mol. The molecule has 0 aliphatic rings. The number of amides is 1. The van der Waals surface area contributed by atoms with Crippen molar-refractivity contribution in [1.29, 1.82) is 0 Å². The molecule has 1 aromatic rings. The van der Waals surface area contributed by atoms with Gasteiger partial charge >= 0.3 is 6.09 Å². The van der Waals surface area contributed by atoms with Gasteiger partial charge in [0.2, 0.25) is 0 Å². The van der Waals surface area contributed by atoms with Crippen LogP contribution in [-0.2, 0) is 4.84 Å². The minimum Gasteiger partial charge on any atom is -0.298 e. The van der Waals surface area contributed by atoms with Crippen LogP contribution in [0.3, 0.4) is 0 Å². The molecule has 0 bridgehead atoms. The summed E-state index contributed by atoms with van der Waals surface area (Å²) in [5, 5.41) is 6.62. The van der Waals surface area contributed by atoms with Gasteiger partial charge in [0.1, 0.15) is 0 Å². The van der Waals surface area contributed by atoms with Crippen LogP contribution in [0.5, 0.6) is 0 Å². The Balaban J connectivity index is 2.51. The highest BCUT2D eigenvalue weighted by atomic mass is 35.5. The number of anilines is 1. The van der Waals surface area contributed by atoms with Gasteiger partial charge < -0.3 is 0 Å². The first-order chi connectivity index (χ1) is 7.08. The first-order valence-corrected chi connectivity index (χ1v) is 4.70. The second kappa shape index (κ2) is 5.36. The van der Waals surface area contributed by atoms with E-state index in [-0.39, 0.29) is 0 Å². The largest absolute Gasteiger partial charge is 0.437 e. The van der Waals surface area contributed by atoms with Crippen molar-refractivity contribution in [2.24, 2.45) is 5.16 Å². The van der Waals surface area contributed by atoms with Gasteiger partial charge in [-0.2, -0.15) is 0 Å². The molecule has 80 valence electrons. The summed E-state index contributed by atoms with van der Waals surface area (Å²) >= 11 is 5.69. The Labute approximate surface area is 92.9 Å². The quantitative estimate of drug-likeness (QED) is 0.478. The van der Waals surface area contributed by atoms with Crippen LogP contribution in [0.25, 0.3) is 0 Å². The zero-order valence-corrected chi connectivity index (χ0v) is 9.21. The highest BCUT2D eigenvalue weighted by Gasteiger charge is 2.01. The fourth-order valence-corrected chi connectivity index (χ4v) is 0.933. The summed E-state index contributed by atoms with van der Waals surface area (Å²) in [6.07, 6.45) is -0.626. The highest BCUT2D eigenvalue weighted by Crippen LogP contribution is 2.13. The van der Waals surface area contributed by atoms with Crippen LogP contribution in [0, 0.1) is 0 Å². The van der Waals surface area contributed by atoms with E-state index < -0.39 is 6.09 Å². The van der Waals surface area contributed by atoms with Gasteiger partial charge in [-0.15, -0.1) is 0 Å². The molecular formula is C10H11ClN2O2. The smallest absolute Gasteiger partial charge is 0.298 e. The lowest BCUT2D eigenvalue weighted by Gasteiger charge is -2.02. The molecular weight excluding hydrogens is 216 g/mol. The maximum Gasteiger partial charge on any atom is 0.437 e. The lowest BCUT2D eigenvalue weighted by Crippen LogP contribution is -2.11. The van der Waals surface area contributed by atoms with Crippen LogP contribution in [-0.4, -0.2) is 11.8 Å². The van der Waals surface area contributed by atoms with Crippen LogP contribution in [0.1, 0.15) is 13.8 Å². The van der Waals surface area contributed by atoms with E-state index in [1.165, 1.54) is 0 Å². The molecule has 4 nitrogen and oxygen atoms in total. The number of hydrogen-bond acceptors (Lipinski definition) is 3. The first-order valence-electron chi connectivity index (χ1n) is 4.32. The average molecular weight is 227 g/mol. The number of oxime groups is 1. The molecule has 1 rings (SSSR count). The molecule has 1 amide bonds. The number of carbonyl (C=O) groups excluding carboxylic acids is 1. The topological polar surface area (TPSA) is 50.7 Å².